The number of amides is 1. The fourth-order valence-electron chi connectivity index (χ4n) is 0.823. The number of nitrogens with one attached hydrogen (secondary N) is 1. The number of H-pyrrole nitrogens is 1. The molecule has 4 nitrogen and oxygen atoms in total. The van der Waals surface area contributed by atoms with E-state index in [2.05, 4.69) is 10.2 Å². The number of alkyl halides is 3. The number of aromatic amines is 1. The smallest absolute Gasteiger partial charge is 0.370 e. The summed E-state index contributed by atoms with van der Waals surface area (Å²) in [6.45, 7) is 0. The lowest BCUT2D eigenvalue weighted by atomic mass is 10.2. The van der Waals surface area contributed by atoms with Crippen molar-refractivity contribution in [3.63, 3.8) is 0 Å². The Labute approximate surface area is 77.3 Å². The van der Waals surface area contributed by atoms with Gasteiger partial charge in [0.05, 0.1) is 0 Å². The normalized spacial score (nSPS) is 11.6. The third-order valence-corrected chi connectivity index (χ3v) is 1.46. The summed E-state index contributed by atoms with van der Waals surface area (Å²) in [7, 11) is 0. The van der Waals surface area contributed by atoms with Crippen LogP contribution in [0.15, 0.2) is 0 Å². The molecule has 1 amide bonds. The molecular formula is C7H7F3N3O. The van der Waals surface area contributed by atoms with Crippen molar-refractivity contribution in [3.8, 4) is 0 Å². The average Bonchev–Trinajstić information content (AvgIpc) is 2.47. The van der Waals surface area contributed by atoms with Gasteiger partial charge in [0.1, 0.15) is 0 Å². The molecule has 0 spiro atoms. The molecule has 1 heterocycles. The van der Waals surface area contributed by atoms with Gasteiger partial charge in [0, 0.05) is 18.2 Å². The number of nitrogens with two attached hydrogens (primary N) is 1. The van der Waals surface area contributed by atoms with Crippen molar-refractivity contribution in [2.24, 2.45) is 5.73 Å². The minimum Gasteiger partial charge on any atom is -0.370 e. The molecule has 0 fully saturated rings. The SMILES string of the molecule is NC(=O)CCc1[c]c(C(F)(F)F)n[nH]1. The molecule has 0 aliphatic heterocycles. The van der Waals surface area contributed by atoms with Crippen molar-refractivity contribution in [2.45, 2.75) is 19.0 Å². The maximum absolute atomic E-state index is 12.0. The van der Waals surface area contributed by atoms with E-state index in [1.54, 1.807) is 0 Å². The third-order valence-electron chi connectivity index (χ3n) is 1.46. The highest BCUT2D eigenvalue weighted by Crippen LogP contribution is 2.27. The zero-order valence-corrected chi connectivity index (χ0v) is 6.98. The number of primary amides is 1. The predicted molar refractivity (Wildman–Crippen MR) is 39.9 cm³/mol. The summed E-state index contributed by atoms with van der Waals surface area (Å²) in [6, 6.07) is 2.01. The van der Waals surface area contributed by atoms with Crippen molar-refractivity contribution in [3.05, 3.63) is 17.5 Å². The van der Waals surface area contributed by atoms with E-state index >= 15 is 0 Å². The molecule has 77 valence electrons. The Balaban J connectivity index is 2.64. The van der Waals surface area contributed by atoms with Gasteiger partial charge in [-0.1, -0.05) is 0 Å². The second kappa shape index (κ2) is 3.69. The van der Waals surface area contributed by atoms with Crippen molar-refractivity contribution in [1.82, 2.24) is 10.2 Å². The van der Waals surface area contributed by atoms with Crippen molar-refractivity contribution in [2.75, 3.05) is 0 Å². The van der Waals surface area contributed by atoms with Crippen LogP contribution in [0.1, 0.15) is 17.8 Å². The van der Waals surface area contributed by atoms with Crippen molar-refractivity contribution < 1.29 is 18.0 Å². The van der Waals surface area contributed by atoms with Gasteiger partial charge in [0.25, 0.3) is 0 Å². The number of aromatic nitrogens is 2. The Kier molecular flexibility index (Phi) is 2.78. The summed E-state index contributed by atoms with van der Waals surface area (Å²) in [5.74, 6) is -0.582. The van der Waals surface area contributed by atoms with Crippen LogP contribution in [0.4, 0.5) is 13.2 Å². The van der Waals surface area contributed by atoms with Gasteiger partial charge in [-0.05, 0) is 6.42 Å². The van der Waals surface area contributed by atoms with Crippen molar-refractivity contribution >= 4 is 5.91 Å². The number of carbonyl (C=O) groups is 1. The fraction of sp³-hybridized carbons (Fsp3) is 0.429. The standard InChI is InChI=1S/C7H7F3N3O/c8-7(9,10)5-3-4(12-13-5)1-2-6(11)14/h1-2H2,(H2,11,14)(H,12,13). The number of aryl methyl sites for hydroxylation is 1. The van der Waals surface area contributed by atoms with Crippen molar-refractivity contribution in [1.29, 1.82) is 0 Å². The minimum absolute atomic E-state index is 0.0318. The van der Waals surface area contributed by atoms with Crippen LogP contribution in [0.3, 0.4) is 0 Å². The summed E-state index contributed by atoms with van der Waals surface area (Å²) in [4.78, 5) is 10.3. The second-order valence-electron chi connectivity index (χ2n) is 2.64. The van der Waals surface area contributed by atoms with E-state index in [1.165, 1.54) is 0 Å². The third kappa shape index (κ3) is 2.75. The van der Waals surface area contributed by atoms with Crippen LogP contribution in [0, 0.1) is 6.07 Å². The van der Waals surface area contributed by atoms with Gasteiger partial charge in [-0.25, -0.2) is 0 Å². The van der Waals surface area contributed by atoms with Crippen LogP contribution in [0.2, 0.25) is 0 Å². The Bertz CT molecular complexity index is 331. The van der Waals surface area contributed by atoms with E-state index in [0.29, 0.717) is 0 Å². The quantitative estimate of drug-likeness (QED) is 0.761. The average molecular weight is 206 g/mol. The van der Waals surface area contributed by atoms with Gasteiger partial charge in [0.2, 0.25) is 5.91 Å². The van der Waals surface area contributed by atoms with Gasteiger partial charge in [-0.15, -0.1) is 0 Å². The van der Waals surface area contributed by atoms with Crippen LogP contribution in [-0.2, 0) is 17.4 Å². The van der Waals surface area contributed by atoms with Crippen LogP contribution in [0.5, 0.6) is 0 Å². The molecule has 0 saturated heterocycles. The number of hydrogen-bond acceptors (Lipinski definition) is 2. The first-order valence-electron chi connectivity index (χ1n) is 3.71. The molecule has 3 N–H and O–H groups in total. The fourth-order valence-corrected chi connectivity index (χ4v) is 0.823. The van der Waals surface area contributed by atoms with Gasteiger partial charge >= 0.3 is 6.18 Å². The van der Waals surface area contributed by atoms with Gasteiger partial charge in [0.15, 0.2) is 5.69 Å². The molecule has 1 rings (SSSR count). The second-order valence-corrected chi connectivity index (χ2v) is 2.64. The zero-order chi connectivity index (χ0) is 10.8. The zero-order valence-electron chi connectivity index (χ0n) is 6.98. The van der Waals surface area contributed by atoms with E-state index in [4.69, 9.17) is 5.73 Å². The molecule has 0 atom stereocenters. The van der Waals surface area contributed by atoms with Gasteiger partial charge in [-0.3, -0.25) is 9.89 Å². The molecule has 1 radical (unpaired) electrons. The highest BCUT2D eigenvalue weighted by molar-refractivity contribution is 5.73. The lowest BCUT2D eigenvalue weighted by molar-refractivity contribution is -0.141. The van der Waals surface area contributed by atoms with E-state index in [9.17, 15) is 18.0 Å². The Morgan fingerprint density at radius 2 is 2.21 bits per heavy atom. The first-order chi connectivity index (χ1) is 6.39. The lowest BCUT2D eigenvalue weighted by Gasteiger charge is -1.98. The Morgan fingerprint density at radius 3 is 2.64 bits per heavy atom. The molecule has 0 aliphatic carbocycles. The molecular weight excluding hydrogens is 199 g/mol. The Morgan fingerprint density at radius 1 is 1.57 bits per heavy atom. The van der Waals surface area contributed by atoms with Gasteiger partial charge < -0.3 is 5.73 Å². The molecule has 1 aromatic heterocycles. The highest BCUT2D eigenvalue weighted by Gasteiger charge is 2.34. The molecule has 14 heavy (non-hydrogen) atoms. The maximum Gasteiger partial charge on any atom is 0.435 e. The molecule has 0 unspecified atom stereocenters. The lowest BCUT2D eigenvalue weighted by Crippen LogP contribution is -2.11. The largest absolute Gasteiger partial charge is 0.435 e. The molecule has 0 saturated carbocycles. The number of nitrogens with zero attached hydrogens (tertiary/aromatic N) is 1. The van der Waals surface area contributed by atoms with Gasteiger partial charge in [-0.2, -0.15) is 18.3 Å². The first-order valence-corrected chi connectivity index (χ1v) is 3.71. The first kappa shape index (κ1) is 10.6. The summed E-state index contributed by atoms with van der Waals surface area (Å²) >= 11 is 0. The molecule has 0 aromatic carbocycles. The minimum atomic E-state index is -4.51. The molecule has 1 aromatic rings. The number of halogens is 3. The summed E-state index contributed by atoms with van der Waals surface area (Å²) in [5, 5.41) is 5.14. The number of rotatable bonds is 3. The summed E-state index contributed by atoms with van der Waals surface area (Å²) in [6.07, 6.45) is -4.46. The highest BCUT2D eigenvalue weighted by atomic mass is 19.4. The van der Waals surface area contributed by atoms with Crippen LogP contribution in [-0.4, -0.2) is 16.1 Å². The monoisotopic (exact) mass is 206 g/mol. The molecule has 0 bridgehead atoms. The molecule has 0 aliphatic rings. The topological polar surface area (TPSA) is 71.8 Å². The Hall–Kier alpha value is -1.53. The van der Waals surface area contributed by atoms with E-state index < -0.39 is 17.8 Å². The number of carbonyl (C=O) groups excluding carboxylic acids is 1. The molecule has 7 heteroatoms. The van der Waals surface area contributed by atoms with Crippen LogP contribution >= 0.6 is 0 Å². The van der Waals surface area contributed by atoms with E-state index in [0.717, 1.165) is 0 Å². The maximum atomic E-state index is 12.0. The van der Waals surface area contributed by atoms with E-state index in [-0.39, 0.29) is 18.5 Å². The number of hydrogen-bond donors (Lipinski definition) is 2. The van der Waals surface area contributed by atoms with Crippen LogP contribution in [0.25, 0.3) is 0 Å². The van der Waals surface area contributed by atoms with Crippen LogP contribution < -0.4 is 5.73 Å². The van der Waals surface area contributed by atoms with E-state index in [1.807, 2.05) is 6.07 Å². The summed E-state index contributed by atoms with van der Waals surface area (Å²) in [5.41, 5.74) is 3.83. The predicted octanol–water partition coefficient (Wildman–Crippen LogP) is 0.647. The summed E-state index contributed by atoms with van der Waals surface area (Å²) < 4.78 is 36.0.